The zero-order valence-corrected chi connectivity index (χ0v) is 9.57. The average molecular weight is 264 g/mol. The fraction of sp³-hybridized carbons (Fsp3) is 0.222. The summed E-state index contributed by atoms with van der Waals surface area (Å²) in [5.41, 5.74) is 1.40. The van der Waals surface area contributed by atoms with Crippen LogP contribution in [0.5, 0.6) is 5.75 Å². The van der Waals surface area contributed by atoms with E-state index in [1.54, 1.807) is 12.1 Å². The van der Waals surface area contributed by atoms with Crippen molar-refractivity contribution in [3.05, 3.63) is 28.3 Å². The SMILES string of the molecule is COc1cc(C)c(C(=O)Br)cc1Cl. The monoisotopic (exact) mass is 262 g/mol. The zero-order chi connectivity index (χ0) is 10.0. The second-order valence-electron chi connectivity index (χ2n) is 2.58. The van der Waals surface area contributed by atoms with Crippen LogP contribution in [0, 0.1) is 6.92 Å². The molecule has 0 aliphatic heterocycles. The second-order valence-corrected chi connectivity index (χ2v) is 3.70. The van der Waals surface area contributed by atoms with Crippen LogP contribution in [0.15, 0.2) is 12.1 Å². The Morgan fingerprint density at radius 2 is 2.15 bits per heavy atom. The molecule has 13 heavy (non-hydrogen) atoms. The Morgan fingerprint density at radius 1 is 1.54 bits per heavy atom. The van der Waals surface area contributed by atoms with E-state index in [1.165, 1.54) is 7.11 Å². The fourth-order valence-electron chi connectivity index (χ4n) is 1.02. The number of hydrogen-bond donors (Lipinski definition) is 0. The van der Waals surface area contributed by atoms with Gasteiger partial charge in [0, 0.05) is 5.56 Å². The summed E-state index contributed by atoms with van der Waals surface area (Å²) < 4.78 is 4.83. The quantitative estimate of drug-likeness (QED) is 0.766. The van der Waals surface area contributed by atoms with Gasteiger partial charge in [-0.2, -0.15) is 0 Å². The van der Waals surface area contributed by atoms with Gasteiger partial charge < -0.3 is 4.74 Å². The second kappa shape index (κ2) is 4.11. The molecular formula is C9H8BrClO2. The molecule has 0 N–H and O–H groups in total. The van der Waals surface area contributed by atoms with E-state index in [9.17, 15) is 4.79 Å². The Hall–Kier alpha value is -0.540. The first-order chi connectivity index (χ1) is 6.06. The van der Waals surface area contributed by atoms with Gasteiger partial charge in [0.25, 0.3) is 0 Å². The van der Waals surface area contributed by atoms with Gasteiger partial charge in [0.15, 0.2) is 0 Å². The molecule has 0 bridgehead atoms. The van der Waals surface area contributed by atoms with Crippen LogP contribution in [-0.2, 0) is 0 Å². The predicted octanol–water partition coefficient (Wildman–Crippen LogP) is 3.19. The molecule has 0 radical (unpaired) electrons. The van der Waals surface area contributed by atoms with Crippen LogP contribution >= 0.6 is 27.5 Å². The molecule has 0 amide bonds. The predicted molar refractivity (Wildman–Crippen MR) is 56.0 cm³/mol. The molecule has 0 saturated heterocycles. The van der Waals surface area contributed by atoms with E-state index in [2.05, 4.69) is 15.9 Å². The lowest BCUT2D eigenvalue weighted by molar-refractivity contribution is 0.109. The topological polar surface area (TPSA) is 26.3 Å². The van der Waals surface area contributed by atoms with E-state index in [0.717, 1.165) is 5.56 Å². The van der Waals surface area contributed by atoms with Crippen molar-refractivity contribution in [2.24, 2.45) is 0 Å². The highest BCUT2D eigenvalue weighted by Gasteiger charge is 2.10. The van der Waals surface area contributed by atoms with Crippen molar-refractivity contribution in [2.45, 2.75) is 6.92 Å². The molecule has 1 rings (SSSR count). The first-order valence-electron chi connectivity index (χ1n) is 3.60. The van der Waals surface area contributed by atoms with E-state index in [0.29, 0.717) is 16.3 Å². The molecule has 0 aromatic heterocycles. The summed E-state index contributed by atoms with van der Waals surface area (Å²) in [5.74, 6) is 0.580. The molecular weight excluding hydrogens is 255 g/mol. The number of hydrogen-bond acceptors (Lipinski definition) is 2. The van der Waals surface area contributed by atoms with Crippen LogP contribution in [-0.4, -0.2) is 11.8 Å². The van der Waals surface area contributed by atoms with Crippen molar-refractivity contribution in [3.63, 3.8) is 0 Å². The van der Waals surface area contributed by atoms with Gasteiger partial charge in [0.1, 0.15) is 5.75 Å². The molecule has 0 fully saturated rings. The van der Waals surface area contributed by atoms with E-state index in [4.69, 9.17) is 16.3 Å². The highest BCUT2D eigenvalue weighted by Crippen LogP contribution is 2.28. The standard InChI is InChI=1S/C9H8BrClO2/c1-5-3-8(13-2)7(11)4-6(5)9(10)12/h3-4H,1-2H3. The summed E-state index contributed by atoms with van der Waals surface area (Å²) in [6.07, 6.45) is 0. The van der Waals surface area contributed by atoms with Crippen LogP contribution < -0.4 is 4.74 Å². The first kappa shape index (κ1) is 10.5. The van der Waals surface area contributed by atoms with E-state index in [-0.39, 0.29) is 4.69 Å². The van der Waals surface area contributed by atoms with Crippen molar-refractivity contribution in [2.75, 3.05) is 7.11 Å². The van der Waals surface area contributed by atoms with E-state index < -0.39 is 0 Å². The average Bonchev–Trinajstić information content (AvgIpc) is 2.07. The normalized spacial score (nSPS) is 9.85. The fourth-order valence-corrected chi connectivity index (χ4v) is 1.69. The van der Waals surface area contributed by atoms with Crippen molar-refractivity contribution in [3.8, 4) is 5.75 Å². The third kappa shape index (κ3) is 2.23. The largest absolute Gasteiger partial charge is 0.495 e. The van der Waals surface area contributed by atoms with Gasteiger partial charge in [-0.15, -0.1) is 0 Å². The van der Waals surface area contributed by atoms with Crippen LogP contribution in [0.1, 0.15) is 15.9 Å². The van der Waals surface area contributed by atoms with E-state index >= 15 is 0 Å². The molecule has 0 spiro atoms. The minimum absolute atomic E-state index is 0.172. The first-order valence-corrected chi connectivity index (χ1v) is 4.77. The van der Waals surface area contributed by atoms with Crippen molar-refractivity contribution in [1.82, 2.24) is 0 Å². The third-order valence-electron chi connectivity index (χ3n) is 1.71. The maximum atomic E-state index is 11.0. The highest BCUT2D eigenvalue weighted by molar-refractivity contribution is 9.18. The van der Waals surface area contributed by atoms with Crippen LogP contribution in [0.4, 0.5) is 0 Å². The van der Waals surface area contributed by atoms with Crippen LogP contribution in [0.3, 0.4) is 0 Å². The van der Waals surface area contributed by atoms with Crippen molar-refractivity contribution in [1.29, 1.82) is 0 Å². The van der Waals surface area contributed by atoms with E-state index in [1.807, 2.05) is 6.92 Å². The number of rotatable bonds is 2. The Kier molecular flexibility index (Phi) is 3.33. The number of aryl methyl sites for hydroxylation is 1. The summed E-state index contributed by atoms with van der Waals surface area (Å²) in [6, 6.07) is 3.32. The molecule has 0 heterocycles. The summed E-state index contributed by atoms with van der Waals surface area (Å²) in [5, 5.41) is 0.441. The van der Waals surface area contributed by atoms with Crippen molar-refractivity contribution < 1.29 is 9.53 Å². The van der Waals surface area contributed by atoms with Gasteiger partial charge in [-0.25, -0.2) is 0 Å². The Morgan fingerprint density at radius 3 is 2.62 bits per heavy atom. The molecule has 4 heteroatoms. The van der Waals surface area contributed by atoms with Gasteiger partial charge >= 0.3 is 0 Å². The number of carbonyl (C=O) groups excluding carboxylic acids is 1. The third-order valence-corrected chi connectivity index (χ3v) is 2.43. The molecule has 2 nitrogen and oxygen atoms in total. The van der Waals surface area contributed by atoms with Gasteiger partial charge in [-0.1, -0.05) is 11.6 Å². The minimum Gasteiger partial charge on any atom is -0.495 e. The maximum absolute atomic E-state index is 11.0. The molecule has 1 aromatic carbocycles. The molecule has 0 aliphatic carbocycles. The van der Waals surface area contributed by atoms with Gasteiger partial charge in [0.05, 0.1) is 12.1 Å². The number of benzene rings is 1. The summed E-state index contributed by atoms with van der Waals surface area (Å²) in [6.45, 7) is 1.83. The summed E-state index contributed by atoms with van der Waals surface area (Å²) in [7, 11) is 1.54. The lowest BCUT2D eigenvalue weighted by Gasteiger charge is -2.06. The van der Waals surface area contributed by atoms with Gasteiger partial charge in [0.2, 0.25) is 4.69 Å². The molecule has 0 aliphatic rings. The molecule has 70 valence electrons. The molecule has 1 aromatic rings. The minimum atomic E-state index is -0.172. The summed E-state index contributed by atoms with van der Waals surface area (Å²) >= 11 is 8.72. The number of ether oxygens (including phenoxy) is 1. The highest BCUT2D eigenvalue weighted by atomic mass is 79.9. The Balaban J connectivity index is 3.28. The number of carbonyl (C=O) groups is 1. The van der Waals surface area contributed by atoms with Gasteiger partial charge in [-0.05, 0) is 40.5 Å². The lowest BCUT2D eigenvalue weighted by atomic mass is 10.1. The number of methoxy groups -OCH3 is 1. The lowest BCUT2D eigenvalue weighted by Crippen LogP contribution is -1.94. The Labute approximate surface area is 90.0 Å². The van der Waals surface area contributed by atoms with Gasteiger partial charge in [-0.3, -0.25) is 4.79 Å². The molecule has 0 saturated carbocycles. The van der Waals surface area contributed by atoms with Crippen molar-refractivity contribution >= 4 is 32.2 Å². The summed E-state index contributed by atoms with van der Waals surface area (Å²) in [4.78, 5) is 11.0. The molecule has 0 unspecified atom stereocenters. The Bertz CT molecular complexity index is 350. The molecule has 0 atom stereocenters. The van der Waals surface area contributed by atoms with Crippen LogP contribution in [0.2, 0.25) is 5.02 Å². The smallest absolute Gasteiger partial charge is 0.228 e. The zero-order valence-electron chi connectivity index (χ0n) is 7.23. The maximum Gasteiger partial charge on any atom is 0.228 e. The number of halogens is 2. The van der Waals surface area contributed by atoms with Crippen LogP contribution in [0.25, 0.3) is 0 Å².